The van der Waals surface area contributed by atoms with Gasteiger partial charge in [0.1, 0.15) is 29.2 Å². The summed E-state index contributed by atoms with van der Waals surface area (Å²) in [6.45, 7) is 0.0284. The molecule has 1 saturated heterocycles. The fraction of sp³-hybridized carbons (Fsp3) is 0.167. The molecule has 1 aliphatic heterocycles. The van der Waals surface area contributed by atoms with Gasteiger partial charge in [0, 0.05) is 53.0 Å². The van der Waals surface area contributed by atoms with E-state index < -0.39 is 29.5 Å². The van der Waals surface area contributed by atoms with Gasteiger partial charge in [0.15, 0.2) is 0 Å². The number of hydrogen-bond acceptors (Lipinski definition) is 8. The summed E-state index contributed by atoms with van der Waals surface area (Å²) >= 11 is 5.94. The molecule has 1 amide bonds. The van der Waals surface area contributed by atoms with Gasteiger partial charge in [-0.15, -0.1) is 5.10 Å². The van der Waals surface area contributed by atoms with E-state index in [1.54, 1.807) is 36.4 Å². The molecule has 1 aliphatic rings. The number of nitrogens with one attached hydrogen (secondary N) is 2. The second-order valence-corrected chi connectivity index (χ2v) is 8.27. The molecule has 5 rings (SSSR count). The van der Waals surface area contributed by atoms with Crippen molar-refractivity contribution >= 4 is 23.5 Å². The molecule has 0 radical (unpaired) electrons. The maximum atomic E-state index is 14.6. The number of halogens is 3. The zero-order valence-corrected chi connectivity index (χ0v) is 19.4. The Balaban J connectivity index is 1.31. The molecule has 0 bridgehead atoms. The lowest BCUT2D eigenvalue weighted by Crippen LogP contribution is -2.33. The number of rotatable bonds is 7. The zero-order chi connectivity index (χ0) is 25.2. The minimum atomic E-state index is -1.03. The van der Waals surface area contributed by atoms with Crippen LogP contribution in [-0.4, -0.2) is 40.8 Å². The van der Waals surface area contributed by atoms with Crippen molar-refractivity contribution in [3.63, 3.8) is 0 Å². The molecule has 3 heterocycles. The van der Waals surface area contributed by atoms with E-state index in [1.807, 2.05) is 0 Å². The number of aromatic nitrogens is 3. The maximum absolute atomic E-state index is 14.6. The Morgan fingerprint density at radius 3 is 2.53 bits per heavy atom. The lowest BCUT2D eigenvalue weighted by atomic mass is 9.93. The lowest BCUT2D eigenvalue weighted by Gasteiger charge is -2.19. The third-order valence-electron chi connectivity index (χ3n) is 5.56. The van der Waals surface area contributed by atoms with Gasteiger partial charge in [0.25, 0.3) is 0 Å². The number of carbonyl (C=O) groups is 1. The summed E-state index contributed by atoms with van der Waals surface area (Å²) in [5.41, 5.74) is 0.345. The van der Waals surface area contributed by atoms with E-state index in [0.29, 0.717) is 22.2 Å². The quantitative estimate of drug-likeness (QED) is 0.370. The molecule has 4 aromatic rings. The number of anilines is 1. The first kappa shape index (κ1) is 23.5. The molecule has 184 valence electrons. The van der Waals surface area contributed by atoms with Crippen molar-refractivity contribution in [1.29, 1.82) is 0 Å². The summed E-state index contributed by atoms with van der Waals surface area (Å²) in [5.74, 6) is -1.88. The van der Waals surface area contributed by atoms with Crippen LogP contribution >= 0.6 is 11.6 Å². The Morgan fingerprint density at radius 1 is 1.08 bits per heavy atom. The summed E-state index contributed by atoms with van der Waals surface area (Å²) in [5, 5.41) is 13.8. The van der Waals surface area contributed by atoms with E-state index in [-0.39, 0.29) is 29.8 Å². The van der Waals surface area contributed by atoms with Gasteiger partial charge < -0.3 is 24.5 Å². The van der Waals surface area contributed by atoms with Gasteiger partial charge in [0.2, 0.25) is 17.7 Å². The van der Waals surface area contributed by atoms with E-state index in [0.717, 1.165) is 12.1 Å². The minimum absolute atomic E-state index is 0.0284. The summed E-state index contributed by atoms with van der Waals surface area (Å²) in [6, 6.07) is 11.0. The number of hydrogen-bond donors (Lipinski definition) is 2. The predicted octanol–water partition coefficient (Wildman–Crippen LogP) is 4.56. The van der Waals surface area contributed by atoms with Gasteiger partial charge in [-0.2, -0.15) is 0 Å². The number of benzene rings is 2. The first-order chi connectivity index (χ1) is 17.4. The number of ether oxygens (including phenoxy) is 2. The molecule has 0 saturated carbocycles. The fourth-order valence-electron chi connectivity index (χ4n) is 3.85. The molecular formula is C24H18ClF2N5O4. The Bertz CT molecular complexity index is 1390. The minimum Gasteiger partial charge on any atom is -0.497 e. The standard InChI is InChI=1S/C24H18ClF2N5O4/c1-34-15-9-17(26)20(18(27)10-15)16-11-29-22(33)21(16)30-24-32-31-23(36-24)12-2-4-14(5-3-12)35-19-8-13(25)6-7-28-19/h2-10,16,21H,11H2,1H3,(H,29,33)(H,30,32)/t16-,21-/m0/s1. The topological polar surface area (TPSA) is 111 Å². The van der Waals surface area contributed by atoms with Crippen LogP contribution in [0, 0.1) is 11.6 Å². The normalized spacial score (nSPS) is 17.1. The third-order valence-corrected chi connectivity index (χ3v) is 5.80. The molecule has 2 N–H and O–H groups in total. The molecule has 2 atom stereocenters. The average molecular weight is 514 g/mol. The van der Waals surface area contributed by atoms with Gasteiger partial charge in [-0.1, -0.05) is 16.7 Å². The van der Waals surface area contributed by atoms with Crippen LogP contribution in [0.5, 0.6) is 17.4 Å². The molecule has 2 aromatic carbocycles. The first-order valence-corrected chi connectivity index (χ1v) is 11.1. The van der Waals surface area contributed by atoms with Crippen LogP contribution in [-0.2, 0) is 4.79 Å². The Kier molecular flexibility index (Phi) is 6.38. The van der Waals surface area contributed by atoms with Crippen LogP contribution in [0.25, 0.3) is 11.5 Å². The number of carbonyl (C=O) groups excluding carboxylic acids is 1. The Morgan fingerprint density at radius 2 is 1.83 bits per heavy atom. The summed E-state index contributed by atoms with van der Waals surface area (Å²) in [7, 11) is 1.31. The van der Waals surface area contributed by atoms with E-state index in [2.05, 4.69) is 25.8 Å². The number of amides is 1. The van der Waals surface area contributed by atoms with Gasteiger partial charge in [-0.25, -0.2) is 13.8 Å². The lowest BCUT2D eigenvalue weighted by molar-refractivity contribution is -0.119. The predicted molar refractivity (Wildman–Crippen MR) is 125 cm³/mol. The van der Waals surface area contributed by atoms with Crippen LogP contribution < -0.4 is 20.1 Å². The van der Waals surface area contributed by atoms with Crippen molar-refractivity contribution in [1.82, 2.24) is 20.5 Å². The molecule has 1 fully saturated rings. The van der Waals surface area contributed by atoms with Crippen LogP contribution in [0.2, 0.25) is 5.02 Å². The second-order valence-electron chi connectivity index (χ2n) is 7.83. The highest BCUT2D eigenvalue weighted by atomic mass is 35.5. The summed E-state index contributed by atoms with van der Waals surface area (Å²) < 4.78 is 45.5. The van der Waals surface area contributed by atoms with Crippen LogP contribution in [0.4, 0.5) is 14.8 Å². The van der Waals surface area contributed by atoms with Gasteiger partial charge >= 0.3 is 6.01 Å². The van der Waals surface area contributed by atoms with Crippen LogP contribution in [0.1, 0.15) is 11.5 Å². The highest BCUT2D eigenvalue weighted by Crippen LogP contribution is 2.33. The largest absolute Gasteiger partial charge is 0.497 e. The fourth-order valence-corrected chi connectivity index (χ4v) is 4.00. The van der Waals surface area contributed by atoms with Crippen molar-refractivity contribution in [2.24, 2.45) is 0 Å². The average Bonchev–Trinajstić information content (AvgIpc) is 3.47. The monoisotopic (exact) mass is 513 g/mol. The highest BCUT2D eigenvalue weighted by Gasteiger charge is 2.40. The van der Waals surface area contributed by atoms with E-state index in [1.165, 1.54) is 13.3 Å². The van der Waals surface area contributed by atoms with Crippen molar-refractivity contribution in [2.75, 3.05) is 19.0 Å². The van der Waals surface area contributed by atoms with Crippen molar-refractivity contribution in [2.45, 2.75) is 12.0 Å². The van der Waals surface area contributed by atoms with E-state index in [4.69, 9.17) is 25.5 Å². The maximum Gasteiger partial charge on any atom is 0.316 e. The number of methoxy groups -OCH3 is 1. The third kappa shape index (κ3) is 4.78. The summed E-state index contributed by atoms with van der Waals surface area (Å²) in [4.78, 5) is 16.5. The second kappa shape index (κ2) is 9.78. The molecule has 36 heavy (non-hydrogen) atoms. The zero-order valence-electron chi connectivity index (χ0n) is 18.7. The van der Waals surface area contributed by atoms with Crippen molar-refractivity contribution in [3.8, 4) is 28.8 Å². The molecule has 12 heteroatoms. The molecule has 9 nitrogen and oxygen atoms in total. The molecule has 0 spiro atoms. The van der Waals surface area contributed by atoms with Crippen molar-refractivity contribution in [3.05, 3.63) is 76.9 Å². The van der Waals surface area contributed by atoms with Crippen molar-refractivity contribution < 1.29 is 27.5 Å². The van der Waals surface area contributed by atoms with E-state index >= 15 is 0 Å². The Hall–Kier alpha value is -4.25. The first-order valence-electron chi connectivity index (χ1n) is 10.7. The van der Waals surface area contributed by atoms with E-state index in [9.17, 15) is 13.6 Å². The molecule has 0 unspecified atom stereocenters. The Labute approximate surface area is 208 Å². The van der Waals surface area contributed by atoms with Crippen LogP contribution in [0.15, 0.2) is 59.1 Å². The molecular weight excluding hydrogens is 496 g/mol. The van der Waals surface area contributed by atoms with Crippen LogP contribution in [0.3, 0.4) is 0 Å². The summed E-state index contributed by atoms with van der Waals surface area (Å²) in [6.07, 6.45) is 1.53. The number of pyridine rings is 1. The highest BCUT2D eigenvalue weighted by molar-refractivity contribution is 6.30. The molecule has 0 aliphatic carbocycles. The van der Waals surface area contributed by atoms with Gasteiger partial charge in [0.05, 0.1) is 7.11 Å². The SMILES string of the molecule is COc1cc(F)c([C@@H]2CNC(=O)[C@H]2Nc2nnc(-c3ccc(Oc4cc(Cl)ccn4)cc3)o2)c(F)c1. The smallest absolute Gasteiger partial charge is 0.316 e. The molecule has 2 aromatic heterocycles. The number of nitrogens with zero attached hydrogens (tertiary/aromatic N) is 3. The van der Waals surface area contributed by atoms with Gasteiger partial charge in [-0.3, -0.25) is 4.79 Å². The van der Waals surface area contributed by atoms with Gasteiger partial charge in [-0.05, 0) is 30.3 Å².